The molecule has 0 spiro atoms. The summed E-state index contributed by atoms with van der Waals surface area (Å²) in [5.74, 6) is -0.157. The van der Waals surface area contributed by atoms with Gasteiger partial charge in [0, 0.05) is 0 Å². The first-order valence-corrected chi connectivity index (χ1v) is 6.50. The van der Waals surface area contributed by atoms with Gasteiger partial charge in [-0.3, -0.25) is 4.79 Å². The Balaban J connectivity index is 2.23. The van der Waals surface area contributed by atoms with Crippen molar-refractivity contribution in [2.45, 2.75) is 31.0 Å². The molecular formula is C13H17BrO2. The Morgan fingerprint density at radius 1 is 1.38 bits per heavy atom. The van der Waals surface area contributed by atoms with Crippen LogP contribution in [0.15, 0.2) is 30.3 Å². The van der Waals surface area contributed by atoms with Crippen LogP contribution in [0.4, 0.5) is 0 Å². The summed E-state index contributed by atoms with van der Waals surface area (Å²) in [4.78, 5) is 11.1. The van der Waals surface area contributed by atoms with Crippen molar-refractivity contribution in [3.8, 4) is 0 Å². The van der Waals surface area contributed by atoms with E-state index in [-0.39, 0.29) is 10.8 Å². The zero-order chi connectivity index (χ0) is 11.8. The van der Waals surface area contributed by atoms with E-state index < -0.39 is 0 Å². The normalized spacial score (nSPS) is 12.1. The number of alkyl halides is 1. The number of carbonyl (C=O) groups is 1. The third-order valence-corrected chi connectivity index (χ3v) is 3.14. The second-order valence-corrected chi connectivity index (χ2v) is 4.70. The Morgan fingerprint density at radius 2 is 2.06 bits per heavy atom. The number of halogens is 1. The quantitative estimate of drug-likeness (QED) is 0.592. The number of rotatable bonds is 6. The number of ether oxygens (including phenoxy) is 1. The summed E-state index contributed by atoms with van der Waals surface area (Å²) in [6, 6.07) is 10.3. The first kappa shape index (κ1) is 13.2. The molecule has 1 atom stereocenters. The van der Waals surface area contributed by atoms with E-state index in [0.29, 0.717) is 6.61 Å². The summed E-state index contributed by atoms with van der Waals surface area (Å²) in [7, 11) is 0. The van der Waals surface area contributed by atoms with Crippen molar-refractivity contribution in [3.63, 3.8) is 0 Å². The molecule has 1 rings (SSSR count). The van der Waals surface area contributed by atoms with Gasteiger partial charge in [0.1, 0.15) is 4.83 Å². The summed E-state index contributed by atoms with van der Waals surface area (Å²) < 4.78 is 4.92. The minimum atomic E-state index is -0.170. The Labute approximate surface area is 105 Å². The van der Waals surface area contributed by atoms with E-state index in [1.807, 2.05) is 25.1 Å². The van der Waals surface area contributed by atoms with Crippen LogP contribution in [0.5, 0.6) is 0 Å². The maximum Gasteiger partial charge on any atom is 0.319 e. The highest BCUT2D eigenvalue weighted by Gasteiger charge is 2.14. The van der Waals surface area contributed by atoms with E-state index in [1.165, 1.54) is 5.56 Å². The fraction of sp³-hybridized carbons (Fsp3) is 0.462. The summed E-state index contributed by atoms with van der Waals surface area (Å²) in [5, 5.41) is 0. The van der Waals surface area contributed by atoms with E-state index >= 15 is 0 Å². The minimum absolute atomic E-state index is 0.157. The lowest BCUT2D eigenvalue weighted by atomic mass is 10.1. The van der Waals surface area contributed by atoms with Gasteiger partial charge in [-0.2, -0.15) is 0 Å². The summed E-state index contributed by atoms with van der Waals surface area (Å²) >= 11 is 3.34. The third kappa shape index (κ3) is 4.79. The molecule has 0 aliphatic heterocycles. The molecule has 0 radical (unpaired) electrons. The van der Waals surface area contributed by atoms with Crippen LogP contribution in [0.25, 0.3) is 0 Å². The van der Waals surface area contributed by atoms with Crippen molar-refractivity contribution in [1.29, 1.82) is 0 Å². The van der Waals surface area contributed by atoms with Crippen LogP contribution in [0, 0.1) is 0 Å². The Bertz CT molecular complexity index is 311. The molecule has 0 aliphatic rings. The van der Waals surface area contributed by atoms with Crippen molar-refractivity contribution >= 4 is 21.9 Å². The van der Waals surface area contributed by atoms with Crippen LogP contribution >= 0.6 is 15.9 Å². The standard InChI is InChI=1S/C13H17BrO2/c1-2-16-13(15)12(14)10-6-9-11-7-4-3-5-8-11/h3-5,7-8,12H,2,6,9-10H2,1H3/t12-/m1/s1. The molecule has 0 bridgehead atoms. The van der Waals surface area contributed by atoms with Crippen LogP contribution in [0.3, 0.4) is 0 Å². The average Bonchev–Trinajstić information content (AvgIpc) is 2.30. The summed E-state index contributed by atoms with van der Waals surface area (Å²) in [5.41, 5.74) is 1.31. The number of esters is 1. The lowest BCUT2D eigenvalue weighted by molar-refractivity contribution is -0.142. The zero-order valence-electron chi connectivity index (χ0n) is 9.49. The second-order valence-electron chi connectivity index (χ2n) is 3.60. The molecule has 0 heterocycles. The number of benzene rings is 1. The van der Waals surface area contributed by atoms with Crippen molar-refractivity contribution in [2.24, 2.45) is 0 Å². The van der Waals surface area contributed by atoms with E-state index in [9.17, 15) is 4.79 Å². The Kier molecular flexibility index (Phi) is 6.16. The molecule has 0 saturated carbocycles. The van der Waals surface area contributed by atoms with Gasteiger partial charge in [0.05, 0.1) is 6.61 Å². The van der Waals surface area contributed by atoms with Crippen LogP contribution in [-0.4, -0.2) is 17.4 Å². The van der Waals surface area contributed by atoms with Gasteiger partial charge in [0.15, 0.2) is 0 Å². The lowest BCUT2D eigenvalue weighted by Gasteiger charge is -2.08. The number of hydrogen-bond donors (Lipinski definition) is 0. The number of hydrogen-bond acceptors (Lipinski definition) is 2. The van der Waals surface area contributed by atoms with Gasteiger partial charge < -0.3 is 4.74 Å². The molecule has 0 amide bonds. The van der Waals surface area contributed by atoms with Crippen LogP contribution in [0.1, 0.15) is 25.3 Å². The van der Waals surface area contributed by atoms with Gasteiger partial charge >= 0.3 is 5.97 Å². The van der Waals surface area contributed by atoms with Gasteiger partial charge in [-0.05, 0) is 31.7 Å². The largest absolute Gasteiger partial charge is 0.465 e. The molecule has 0 saturated heterocycles. The van der Waals surface area contributed by atoms with E-state index in [0.717, 1.165) is 19.3 Å². The fourth-order valence-electron chi connectivity index (χ4n) is 1.48. The second kappa shape index (κ2) is 7.44. The fourth-order valence-corrected chi connectivity index (χ4v) is 1.94. The minimum Gasteiger partial charge on any atom is -0.465 e. The SMILES string of the molecule is CCOC(=O)[C@H](Br)CCCc1ccccc1. The van der Waals surface area contributed by atoms with Crippen molar-refractivity contribution in [2.75, 3.05) is 6.61 Å². The molecule has 1 aromatic rings. The van der Waals surface area contributed by atoms with Gasteiger partial charge in [0.2, 0.25) is 0 Å². The van der Waals surface area contributed by atoms with Crippen LogP contribution in [0.2, 0.25) is 0 Å². The predicted molar refractivity (Wildman–Crippen MR) is 68.7 cm³/mol. The van der Waals surface area contributed by atoms with Gasteiger partial charge in [0.25, 0.3) is 0 Å². The third-order valence-electron chi connectivity index (χ3n) is 2.31. The van der Waals surface area contributed by atoms with Crippen molar-refractivity contribution < 1.29 is 9.53 Å². The molecule has 0 unspecified atom stereocenters. The highest BCUT2D eigenvalue weighted by atomic mass is 79.9. The molecule has 3 heteroatoms. The Hall–Kier alpha value is -0.830. The van der Waals surface area contributed by atoms with Gasteiger partial charge in [-0.1, -0.05) is 46.3 Å². The number of carbonyl (C=O) groups excluding carboxylic acids is 1. The molecule has 88 valence electrons. The zero-order valence-corrected chi connectivity index (χ0v) is 11.1. The highest BCUT2D eigenvalue weighted by Crippen LogP contribution is 2.13. The van der Waals surface area contributed by atoms with Crippen LogP contribution in [-0.2, 0) is 16.0 Å². The van der Waals surface area contributed by atoms with E-state index in [4.69, 9.17) is 4.74 Å². The monoisotopic (exact) mass is 284 g/mol. The van der Waals surface area contributed by atoms with Gasteiger partial charge in [-0.25, -0.2) is 0 Å². The molecule has 2 nitrogen and oxygen atoms in total. The smallest absolute Gasteiger partial charge is 0.319 e. The van der Waals surface area contributed by atoms with E-state index in [2.05, 4.69) is 28.1 Å². The summed E-state index contributed by atoms with van der Waals surface area (Å²) in [6.07, 6.45) is 2.80. The molecular weight excluding hydrogens is 268 g/mol. The summed E-state index contributed by atoms with van der Waals surface area (Å²) in [6.45, 7) is 2.27. The highest BCUT2D eigenvalue weighted by molar-refractivity contribution is 9.10. The molecule has 0 N–H and O–H groups in total. The molecule has 1 aromatic carbocycles. The topological polar surface area (TPSA) is 26.3 Å². The first-order valence-electron chi connectivity index (χ1n) is 5.58. The Morgan fingerprint density at radius 3 is 2.69 bits per heavy atom. The molecule has 0 fully saturated rings. The maximum atomic E-state index is 11.3. The average molecular weight is 285 g/mol. The van der Waals surface area contributed by atoms with Gasteiger partial charge in [-0.15, -0.1) is 0 Å². The maximum absolute atomic E-state index is 11.3. The predicted octanol–water partition coefficient (Wildman–Crippen LogP) is 3.34. The lowest BCUT2D eigenvalue weighted by Crippen LogP contribution is -2.17. The molecule has 0 aliphatic carbocycles. The van der Waals surface area contributed by atoms with Crippen molar-refractivity contribution in [1.82, 2.24) is 0 Å². The first-order chi connectivity index (χ1) is 7.74. The van der Waals surface area contributed by atoms with E-state index in [1.54, 1.807) is 0 Å². The van der Waals surface area contributed by atoms with Crippen molar-refractivity contribution in [3.05, 3.63) is 35.9 Å². The molecule has 16 heavy (non-hydrogen) atoms. The number of aryl methyl sites for hydroxylation is 1. The molecule has 0 aromatic heterocycles. The van der Waals surface area contributed by atoms with Crippen LogP contribution < -0.4 is 0 Å².